The van der Waals surface area contributed by atoms with Crippen molar-refractivity contribution in [3.05, 3.63) is 29.8 Å². The number of carbonyl (C=O) groups excluding carboxylic acids is 2. The maximum Gasteiger partial charge on any atom is 0.239 e. The monoisotopic (exact) mass is 326 g/mol. The van der Waals surface area contributed by atoms with Gasteiger partial charge in [0.15, 0.2) is 0 Å². The van der Waals surface area contributed by atoms with E-state index in [0.717, 1.165) is 30.6 Å². The smallest absolute Gasteiger partial charge is 0.239 e. The minimum absolute atomic E-state index is 0.191. The maximum atomic E-state index is 13.3. The number of carbonyl (C=O) groups is 2. The summed E-state index contributed by atoms with van der Waals surface area (Å²) in [5.41, 5.74) is 1.65. The van der Waals surface area contributed by atoms with Crippen LogP contribution in [0.25, 0.3) is 0 Å². The quantitative estimate of drug-likeness (QED) is 0.857. The fraction of sp³-hybridized carbons (Fsp3) is 0.600. The van der Waals surface area contributed by atoms with Gasteiger partial charge in [0.2, 0.25) is 11.8 Å². The molecule has 128 valence electrons. The van der Waals surface area contributed by atoms with Crippen LogP contribution in [0.2, 0.25) is 0 Å². The van der Waals surface area contributed by atoms with Crippen molar-refractivity contribution < 1.29 is 9.59 Å². The van der Waals surface area contributed by atoms with Crippen molar-refractivity contribution in [3.63, 3.8) is 0 Å². The Kier molecular flexibility index (Phi) is 3.48. The van der Waals surface area contributed by atoms with Crippen molar-refractivity contribution in [1.29, 1.82) is 0 Å². The minimum Gasteiger partial charge on any atom is -0.341 e. The molecule has 1 saturated heterocycles. The number of hydrogen-bond acceptors (Lipinski definition) is 2. The molecule has 4 rings (SSSR count). The second-order valence-corrected chi connectivity index (χ2v) is 8.24. The molecule has 3 aliphatic rings. The first-order chi connectivity index (χ1) is 11.4. The van der Waals surface area contributed by atoms with E-state index in [9.17, 15) is 9.59 Å². The van der Waals surface area contributed by atoms with Crippen LogP contribution in [0, 0.1) is 17.8 Å². The maximum absolute atomic E-state index is 13.3. The van der Waals surface area contributed by atoms with Gasteiger partial charge in [0.05, 0.1) is 5.41 Å². The third-order valence-electron chi connectivity index (χ3n) is 5.92. The zero-order chi connectivity index (χ0) is 17.1. The van der Waals surface area contributed by atoms with Crippen molar-refractivity contribution in [1.82, 2.24) is 4.90 Å². The highest BCUT2D eigenvalue weighted by Gasteiger charge is 2.56. The normalized spacial score (nSPS) is 31.2. The molecule has 0 aromatic heterocycles. The fourth-order valence-corrected chi connectivity index (χ4v) is 4.44. The number of hydrogen-bond donors (Lipinski definition) is 0. The highest BCUT2D eigenvalue weighted by molar-refractivity contribution is 6.09. The Labute approximate surface area is 143 Å². The molecule has 0 unspecified atom stereocenters. The van der Waals surface area contributed by atoms with E-state index in [2.05, 4.69) is 32.9 Å². The number of likely N-dealkylation sites (tertiary alicyclic amines) is 1. The van der Waals surface area contributed by atoms with E-state index in [4.69, 9.17) is 0 Å². The highest BCUT2D eigenvalue weighted by atomic mass is 16.2. The molecule has 2 fully saturated rings. The lowest BCUT2D eigenvalue weighted by molar-refractivity contribution is -0.132. The highest BCUT2D eigenvalue weighted by Crippen LogP contribution is 2.49. The largest absolute Gasteiger partial charge is 0.341 e. The second-order valence-electron chi connectivity index (χ2n) is 8.24. The van der Waals surface area contributed by atoms with Gasteiger partial charge in [-0.15, -0.1) is 0 Å². The van der Waals surface area contributed by atoms with Gasteiger partial charge in [0, 0.05) is 31.2 Å². The Bertz CT molecular complexity index is 699. The van der Waals surface area contributed by atoms with Crippen molar-refractivity contribution in [2.75, 3.05) is 24.5 Å². The summed E-state index contributed by atoms with van der Waals surface area (Å²) in [6.45, 7) is 8.41. The van der Waals surface area contributed by atoms with Crippen LogP contribution < -0.4 is 4.90 Å². The molecule has 1 aromatic carbocycles. The molecule has 4 nitrogen and oxygen atoms in total. The molecule has 0 bridgehead atoms. The summed E-state index contributed by atoms with van der Waals surface area (Å²) in [6, 6.07) is 8.15. The van der Waals surface area contributed by atoms with E-state index in [1.807, 2.05) is 21.9 Å². The average Bonchev–Trinajstić information content (AvgIpc) is 3.05. The van der Waals surface area contributed by atoms with Crippen molar-refractivity contribution in [2.45, 2.75) is 39.0 Å². The molecule has 3 atom stereocenters. The lowest BCUT2D eigenvalue weighted by Crippen LogP contribution is -2.44. The SMILES string of the molecule is CC(C)CN1C(=O)[C@]2(CCN(C(=O)[C@@H]3C[C@H]3C)C2)c2ccccc21. The van der Waals surface area contributed by atoms with Gasteiger partial charge in [0.25, 0.3) is 0 Å². The molecule has 0 N–H and O–H groups in total. The first-order valence-electron chi connectivity index (χ1n) is 9.14. The van der Waals surface area contributed by atoms with Crippen LogP contribution in [0.1, 0.15) is 39.2 Å². The predicted molar refractivity (Wildman–Crippen MR) is 93.8 cm³/mol. The summed E-state index contributed by atoms with van der Waals surface area (Å²) >= 11 is 0. The standard InChI is InChI=1S/C20H26N2O2/c1-13(2)11-22-17-7-5-4-6-16(17)20(19(22)24)8-9-21(12-20)18(23)15-10-14(15)3/h4-7,13-15H,8-12H2,1-3H3/t14-,15-,20+/m1/s1. The number of para-hydroxylation sites is 1. The zero-order valence-corrected chi connectivity index (χ0v) is 14.8. The van der Waals surface area contributed by atoms with E-state index < -0.39 is 5.41 Å². The van der Waals surface area contributed by atoms with Gasteiger partial charge < -0.3 is 9.80 Å². The van der Waals surface area contributed by atoms with Gasteiger partial charge in [-0.2, -0.15) is 0 Å². The van der Waals surface area contributed by atoms with Crippen LogP contribution in [0.15, 0.2) is 24.3 Å². The third kappa shape index (κ3) is 2.19. The van der Waals surface area contributed by atoms with E-state index in [1.54, 1.807) is 0 Å². The van der Waals surface area contributed by atoms with Gasteiger partial charge in [-0.1, -0.05) is 39.0 Å². The average molecular weight is 326 g/mol. The first kappa shape index (κ1) is 15.7. The number of rotatable bonds is 3. The molecule has 1 saturated carbocycles. The molecule has 24 heavy (non-hydrogen) atoms. The summed E-state index contributed by atoms with van der Waals surface area (Å²) in [7, 11) is 0. The topological polar surface area (TPSA) is 40.6 Å². The Morgan fingerprint density at radius 2 is 2.04 bits per heavy atom. The van der Waals surface area contributed by atoms with Crippen LogP contribution in [0.4, 0.5) is 5.69 Å². The number of benzene rings is 1. The van der Waals surface area contributed by atoms with Crippen LogP contribution in [-0.2, 0) is 15.0 Å². The molecule has 2 amide bonds. The van der Waals surface area contributed by atoms with Crippen LogP contribution in [0.3, 0.4) is 0 Å². The van der Waals surface area contributed by atoms with Crippen LogP contribution in [0.5, 0.6) is 0 Å². The van der Waals surface area contributed by atoms with Gasteiger partial charge >= 0.3 is 0 Å². The summed E-state index contributed by atoms with van der Waals surface area (Å²) < 4.78 is 0. The second kappa shape index (κ2) is 5.33. The van der Waals surface area contributed by atoms with E-state index >= 15 is 0 Å². The van der Waals surface area contributed by atoms with E-state index in [0.29, 0.717) is 24.9 Å². The zero-order valence-electron chi connectivity index (χ0n) is 14.8. The Hall–Kier alpha value is -1.84. The number of nitrogens with zero attached hydrogens (tertiary/aromatic N) is 2. The molecule has 0 radical (unpaired) electrons. The Morgan fingerprint density at radius 3 is 2.71 bits per heavy atom. The van der Waals surface area contributed by atoms with Gasteiger partial charge in [0.1, 0.15) is 0 Å². The van der Waals surface area contributed by atoms with Gasteiger partial charge in [-0.05, 0) is 36.3 Å². The van der Waals surface area contributed by atoms with Crippen molar-refractivity contribution >= 4 is 17.5 Å². The Morgan fingerprint density at radius 1 is 1.33 bits per heavy atom. The molecule has 2 aliphatic heterocycles. The fourth-order valence-electron chi connectivity index (χ4n) is 4.44. The van der Waals surface area contributed by atoms with Crippen molar-refractivity contribution in [3.8, 4) is 0 Å². The van der Waals surface area contributed by atoms with Gasteiger partial charge in [-0.3, -0.25) is 9.59 Å². The summed E-state index contributed by atoms with van der Waals surface area (Å²) in [5.74, 6) is 1.57. The molecule has 1 aromatic rings. The summed E-state index contributed by atoms with van der Waals surface area (Å²) in [4.78, 5) is 29.9. The third-order valence-corrected chi connectivity index (χ3v) is 5.92. The van der Waals surface area contributed by atoms with Crippen molar-refractivity contribution in [2.24, 2.45) is 17.8 Å². The number of fused-ring (bicyclic) bond motifs is 2. The molecule has 2 heterocycles. The molecule has 1 spiro atoms. The van der Waals surface area contributed by atoms with Crippen LogP contribution in [-0.4, -0.2) is 36.3 Å². The van der Waals surface area contributed by atoms with Gasteiger partial charge in [-0.25, -0.2) is 0 Å². The van der Waals surface area contributed by atoms with E-state index in [1.165, 1.54) is 0 Å². The molecule has 4 heteroatoms. The summed E-state index contributed by atoms with van der Waals surface area (Å²) in [5, 5.41) is 0. The minimum atomic E-state index is -0.515. The predicted octanol–water partition coefficient (Wildman–Crippen LogP) is 2.82. The van der Waals surface area contributed by atoms with Crippen LogP contribution >= 0.6 is 0 Å². The molecular weight excluding hydrogens is 300 g/mol. The van der Waals surface area contributed by atoms with E-state index in [-0.39, 0.29) is 17.7 Å². The first-order valence-corrected chi connectivity index (χ1v) is 9.14. The lowest BCUT2D eigenvalue weighted by Gasteiger charge is -2.25. The lowest BCUT2D eigenvalue weighted by atomic mass is 9.81. The Balaban J connectivity index is 1.65. The molecule has 1 aliphatic carbocycles. The molecular formula is C20H26N2O2. The summed E-state index contributed by atoms with van der Waals surface area (Å²) in [6.07, 6.45) is 1.76. The number of anilines is 1. The number of amides is 2.